The van der Waals surface area contributed by atoms with Gasteiger partial charge in [0.2, 0.25) is 0 Å². The normalized spacial score (nSPS) is 10.6. The van der Waals surface area contributed by atoms with Gasteiger partial charge < -0.3 is 0 Å². The molecule has 2 rings (SSSR count). The quantitative estimate of drug-likeness (QED) is 0.471. The number of benzene rings is 2. The molecule has 0 unspecified atom stereocenters. The Morgan fingerprint density at radius 1 is 0.739 bits per heavy atom. The minimum absolute atomic E-state index is 0.297. The molecule has 0 radical (unpaired) electrons. The molecule has 0 N–H and O–H groups in total. The molecule has 0 aliphatic carbocycles. The Balaban J connectivity index is 2.64. The lowest BCUT2D eigenvalue weighted by atomic mass is 10.1. The fourth-order valence-corrected chi connectivity index (χ4v) is 1.93. The molecule has 116 valence electrons. The molecule has 0 atom stereocenters. The second kappa shape index (κ2) is 6.43. The van der Waals surface area contributed by atoms with Crippen molar-refractivity contribution in [2.75, 3.05) is 0 Å². The molecule has 0 amide bonds. The second-order valence-corrected chi connectivity index (χ2v) is 4.41. The fraction of sp³-hybridized carbons (Fsp3) is 0. The van der Waals surface area contributed by atoms with E-state index in [0.29, 0.717) is 17.7 Å². The molecule has 0 aromatic heterocycles. The first-order valence-electron chi connectivity index (χ1n) is 6.24. The van der Waals surface area contributed by atoms with Crippen molar-refractivity contribution in [3.05, 3.63) is 83.9 Å². The van der Waals surface area contributed by atoms with Gasteiger partial charge in [0.1, 0.15) is 5.56 Å². The molecule has 0 aliphatic rings. The Kier molecular flexibility index (Phi) is 4.41. The van der Waals surface area contributed by atoms with Crippen LogP contribution in [-0.2, 0) is 0 Å². The summed E-state index contributed by atoms with van der Waals surface area (Å²) in [5, 5.41) is 33.0. The van der Waals surface area contributed by atoms with Crippen LogP contribution in [0.25, 0.3) is 12.2 Å². The van der Waals surface area contributed by atoms with Crippen molar-refractivity contribution in [3.8, 4) is 0 Å². The van der Waals surface area contributed by atoms with E-state index in [1.54, 1.807) is 30.3 Å². The molecule has 2 aromatic carbocycles. The van der Waals surface area contributed by atoms with Gasteiger partial charge in [-0.3, -0.25) is 30.3 Å². The fourth-order valence-electron chi connectivity index (χ4n) is 1.93. The van der Waals surface area contributed by atoms with Crippen molar-refractivity contribution >= 4 is 29.2 Å². The molecule has 0 heterocycles. The Bertz CT molecular complexity index is 782. The third-order valence-electron chi connectivity index (χ3n) is 2.97. The van der Waals surface area contributed by atoms with Crippen LogP contribution in [0.15, 0.2) is 42.5 Å². The minimum atomic E-state index is -0.912. The molecule has 9 heteroatoms. The number of nitro groups is 3. The van der Waals surface area contributed by atoms with E-state index in [1.165, 1.54) is 12.2 Å². The summed E-state index contributed by atoms with van der Waals surface area (Å²) >= 11 is 0. The standard InChI is InChI=1S/C14H9N3O6/c18-15(19)11-8-13(16(20)21)12(14(9-11)17(22)23)7-6-10-4-2-1-3-5-10/h1-9H. The number of hydrogen-bond acceptors (Lipinski definition) is 6. The Hall–Kier alpha value is -3.62. The summed E-state index contributed by atoms with van der Waals surface area (Å²) in [4.78, 5) is 30.3. The molecule has 0 saturated heterocycles. The summed E-state index contributed by atoms with van der Waals surface area (Å²) in [7, 11) is 0. The van der Waals surface area contributed by atoms with E-state index in [2.05, 4.69) is 0 Å². The SMILES string of the molecule is O=[N+]([O-])c1cc([N+](=O)[O-])c(C=Cc2ccccc2)c([N+](=O)[O-])c1. The molecule has 0 fully saturated rings. The average molecular weight is 315 g/mol. The van der Waals surface area contributed by atoms with Gasteiger partial charge in [0.25, 0.3) is 17.1 Å². The first kappa shape index (κ1) is 15.8. The largest absolute Gasteiger partial charge is 0.290 e. The van der Waals surface area contributed by atoms with Crippen LogP contribution in [0.1, 0.15) is 11.1 Å². The van der Waals surface area contributed by atoms with E-state index >= 15 is 0 Å². The monoisotopic (exact) mass is 315 g/mol. The van der Waals surface area contributed by atoms with Crippen molar-refractivity contribution in [1.29, 1.82) is 0 Å². The maximum Gasteiger partial charge on any atom is 0.290 e. The summed E-state index contributed by atoms with van der Waals surface area (Å²) < 4.78 is 0. The summed E-state index contributed by atoms with van der Waals surface area (Å²) in [6.45, 7) is 0. The van der Waals surface area contributed by atoms with Gasteiger partial charge in [-0.05, 0) is 11.6 Å². The van der Waals surface area contributed by atoms with Crippen LogP contribution in [0, 0.1) is 30.3 Å². The highest BCUT2D eigenvalue weighted by Crippen LogP contribution is 2.35. The van der Waals surface area contributed by atoms with Crippen molar-refractivity contribution in [2.45, 2.75) is 0 Å². The lowest BCUT2D eigenvalue weighted by molar-refractivity contribution is -0.403. The van der Waals surface area contributed by atoms with Gasteiger partial charge in [0.15, 0.2) is 0 Å². The van der Waals surface area contributed by atoms with E-state index in [1.807, 2.05) is 0 Å². The van der Waals surface area contributed by atoms with E-state index in [9.17, 15) is 30.3 Å². The Morgan fingerprint density at radius 3 is 1.70 bits per heavy atom. The van der Waals surface area contributed by atoms with Gasteiger partial charge in [-0.25, -0.2) is 0 Å². The van der Waals surface area contributed by atoms with Gasteiger partial charge in [0, 0.05) is 0 Å². The molecule has 9 nitrogen and oxygen atoms in total. The number of nitro benzene ring substituents is 3. The topological polar surface area (TPSA) is 129 Å². The van der Waals surface area contributed by atoms with E-state index in [4.69, 9.17) is 0 Å². The van der Waals surface area contributed by atoms with Crippen LogP contribution >= 0.6 is 0 Å². The van der Waals surface area contributed by atoms with E-state index in [0.717, 1.165) is 0 Å². The highest BCUT2D eigenvalue weighted by atomic mass is 16.6. The number of nitrogens with zero attached hydrogens (tertiary/aromatic N) is 3. The van der Waals surface area contributed by atoms with Crippen LogP contribution in [0.4, 0.5) is 17.1 Å². The zero-order valence-corrected chi connectivity index (χ0v) is 11.5. The summed E-state index contributed by atoms with van der Waals surface area (Å²) in [6.07, 6.45) is 2.66. The van der Waals surface area contributed by atoms with Gasteiger partial charge in [-0.2, -0.15) is 0 Å². The molecule has 0 saturated carbocycles. The van der Waals surface area contributed by atoms with Crippen LogP contribution in [0.5, 0.6) is 0 Å². The average Bonchev–Trinajstić information content (AvgIpc) is 2.52. The molecule has 0 spiro atoms. The first-order chi connectivity index (χ1) is 10.9. The molecule has 0 aliphatic heterocycles. The van der Waals surface area contributed by atoms with Crippen LogP contribution in [0.2, 0.25) is 0 Å². The molecule has 2 aromatic rings. The van der Waals surface area contributed by atoms with E-state index < -0.39 is 31.8 Å². The van der Waals surface area contributed by atoms with Gasteiger partial charge in [-0.15, -0.1) is 0 Å². The lowest BCUT2D eigenvalue weighted by Crippen LogP contribution is -2.00. The van der Waals surface area contributed by atoms with Crippen molar-refractivity contribution < 1.29 is 14.8 Å². The predicted molar refractivity (Wildman–Crippen MR) is 81.8 cm³/mol. The summed E-state index contributed by atoms with van der Waals surface area (Å²) in [5.41, 5.74) is -1.72. The molecular formula is C14H9N3O6. The molecule has 23 heavy (non-hydrogen) atoms. The smallest absolute Gasteiger partial charge is 0.258 e. The zero-order chi connectivity index (χ0) is 17.0. The van der Waals surface area contributed by atoms with Gasteiger partial charge in [-0.1, -0.05) is 36.4 Å². The first-order valence-corrected chi connectivity index (χ1v) is 6.24. The number of rotatable bonds is 5. The summed E-state index contributed by atoms with van der Waals surface area (Å²) in [5.74, 6) is 0. The number of non-ortho nitro benzene ring substituents is 1. The maximum atomic E-state index is 11.1. The highest BCUT2D eigenvalue weighted by molar-refractivity contribution is 5.80. The molecule has 0 bridgehead atoms. The van der Waals surface area contributed by atoms with Gasteiger partial charge >= 0.3 is 0 Å². The van der Waals surface area contributed by atoms with E-state index in [-0.39, 0.29) is 5.56 Å². The Morgan fingerprint density at radius 2 is 1.26 bits per heavy atom. The highest BCUT2D eigenvalue weighted by Gasteiger charge is 2.28. The minimum Gasteiger partial charge on any atom is -0.258 e. The maximum absolute atomic E-state index is 11.1. The van der Waals surface area contributed by atoms with Crippen molar-refractivity contribution in [3.63, 3.8) is 0 Å². The van der Waals surface area contributed by atoms with Crippen LogP contribution in [0.3, 0.4) is 0 Å². The molecular weight excluding hydrogens is 306 g/mol. The lowest BCUT2D eigenvalue weighted by Gasteiger charge is -2.01. The number of hydrogen-bond donors (Lipinski definition) is 0. The van der Waals surface area contributed by atoms with Crippen molar-refractivity contribution in [1.82, 2.24) is 0 Å². The Labute approximate surface area is 128 Å². The summed E-state index contributed by atoms with van der Waals surface area (Å²) in [6, 6.07) is 10.1. The third kappa shape index (κ3) is 3.53. The van der Waals surface area contributed by atoms with Gasteiger partial charge in [0.05, 0.1) is 26.9 Å². The van der Waals surface area contributed by atoms with Crippen LogP contribution < -0.4 is 0 Å². The second-order valence-electron chi connectivity index (χ2n) is 4.41. The predicted octanol–water partition coefficient (Wildman–Crippen LogP) is 3.58. The third-order valence-corrected chi connectivity index (χ3v) is 2.97. The zero-order valence-electron chi connectivity index (χ0n) is 11.5. The van der Waals surface area contributed by atoms with Crippen molar-refractivity contribution in [2.24, 2.45) is 0 Å². The van der Waals surface area contributed by atoms with Crippen LogP contribution in [-0.4, -0.2) is 14.8 Å².